The second-order valence-corrected chi connectivity index (χ2v) is 9.55. The minimum absolute atomic E-state index is 0.372. The van der Waals surface area contributed by atoms with Crippen molar-refractivity contribution in [2.24, 2.45) is 0 Å². The lowest BCUT2D eigenvalue weighted by Gasteiger charge is -2.16. The van der Waals surface area contributed by atoms with Gasteiger partial charge < -0.3 is 35.4 Å². The molecule has 0 aliphatic carbocycles. The van der Waals surface area contributed by atoms with E-state index in [9.17, 15) is 19.8 Å². The Morgan fingerprint density at radius 3 is 2.79 bits per heavy atom. The number of carboxylic acid groups (broad SMARTS) is 1. The fourth-order valence-corrected chi connectivity index (χ4v) is 4.66. The minimum Gasteiger partial charge on any atom is -0.480 e. The maximum atomic E-state index is 11.5. The predicted molar refractivity (Wildman–Crippen MR) is 118 cm³/mol. The van der Waals surface area contributed by atoms with Crippen LogP contribution < -0.4 is 10.6 Å². The van der Waals surface area contributed by atoms with E-state index in [2.05, 4.69) is 36.2 Å². The first kappa shape index (κ1) is 23.3. The van der Waals surface area contributed by atoms with E-state index in [1.54, 1.807) is 11.3 Å². The van der Waals surface area contributed by atoms with E-state index in [0.29, 0.717) is 23.5 Å². The lowest BCUT2D eigenvalue weighted by Crippen LogP contribution is -2.36. The Labute approximate surface area is 198 Å². The summed E-state index contributed by atoms with van der Waals surface area (Å²) >= 11 is 5.01. The highest BCUT2D eigenvalue weighted by Gasteiger charge is 2.45. The Balaban J connectivity index is 1.44. The molecule has 1 unspecified atom stereocenters. The summed E-state index contributed by atoms with van der Waals surface area (Å²) in [6, 6.07) is 3.93. The highest BCUT2D eigenvalue weighted by Crippen LogP contribution is 2.32. The molecule has 3 aromatic heterocycles. The number of rotatable bonds is 8. The molecule has 4 heterocycles. The molecule has 13 nitrogen and oxygen atoms in total. The van der Waals surface area contributed by atoms with E-state index in [0.717, 1.165) is 8.66 Å². The van der Waals surface area contributed by atoms with Gasteiger partial charge >= 0.3 is 12.1 Å². The lowest BCUT2D eigenvalue weighted by molar-refractivity contribution is -0.135. The molecule has 1 aliphatic rings. The SMILES string of the molecule is O=C(O)CNC(=O)OC[C@H]1O[C@@H](n2cnc3c(NCc4ccc(Br)s4)ncnc32)C(O)[C@H]1O. The summed E-state index contributed by atoms with van der Waals surface area (Å²) in [5, 5.41) is 34.6. The van der Waals surface area contributed by atoms with Crippen molar-refractivity contribution < 1.29 is 34.4 Å². The summed E-state index contributed by atoms with van der Waals surface area (Å²) in [6.45, 7) is -0.482. The first-order valence-corrected chi connectivity index (χ1v) is 11.2. The molecular formula is C18H19BrN6O7S. The third-order valence-corrected chi connectivity index (χ3v) is 6.42. The fourth-order valence-electron chi connectivity index (χ4n) is 3.24. The van der Waals surface area contributed by atoms with E-state index in [-0.39, 0.29) is 0 Å². The Morgan fingerprint density at radius 1 is 1.24 bits per heavy atom. The zero-order valence-electron chi connectivity index (χ0n) is 16.8. The predicted octanol–water partition coefficient (Wildman–Crippen LogP) is 0.692. The van der Waals surface area contributed by atoms with Crippen molar-refractivity contribution in [3.05, 3.63) is 33.5 Å². The van der Waals surface area contributed by atoms with Crippen LogP contribution in [0.5, 0.6) is 0 Å². The molecule has 0 spiro atoms. The summed E-state index contributed by atoms with van der Waals surface area (Å²) in [6.07, 6.45) is -3.04. The Kier molecular flexibility index (Phi) is 7.04. The molecule has 5 N–H and O–H groups in total. The molecule has 4 rings (SSSR count). The molecule has 0 bridgehead atoms. The zero-order valence-corrected chi connectivity index (χ0v) is 19.2. The van der Waals surface area contributed by atoms with E-state index in [1.807, 2.05) is 17.4 Å². The number of imidazole rings is 1. The van der Waals surface area contributed by atoms with Gasteiger partial charge in [0, 0.05) is 4.88 Å². The molecule has 0 aromatic carbocycles. The van der Waals surface area contributed by atoms with Crippen molar-refractivity contribution in [2.75, 3.05) is 18.5 Å². The Bertz CT molecular complexity index is 1160. The van der Waals surface area contributed by atoms with Crippen LogP contribution in [0.4, 0.5) is 10.6 Å². The third-order valence-electron chi connectivity index (χ3n) is 4.79. The van der Waals surface area contributed by atoms with Crippen LogP contribution in [0, 0.1) is 0 Å². The average Bonchev–Trinajstić information content (AvgIpc) is 3.48. The average molecular weight is 543 g/mol. The van der Waals surface area contributed by atoms with Gasteiger partial charge in [-0.1, -0.05) is 0 Å². The molecular weight excluding hydrogens is 524 g/mol. The molecule has 1 aliphatic heterocycles. The van der Waals surface area contributed by atoms with Gasteiger partial charge in [0.05, 0.1) is 16.7 Å². The molecule has 1 fully saturated rings. The molecule has 1 amide bonds. The molecule has 4 atom stereocenters. The molecule has 1 saturated heterocycles. The number of fused-ring (bicyclic) bond motifs is 1. The zero-order chi connectivity index (χ0) is 23.5. The molecule has 3 aromatic rings. The lowest BCUT2D eigenvalue weighted by atomic mass is 10.1. The van der Waals surface area contributed by atoms with Crippen LogP contribution in [-0.2, 0) is 20.8 Å². The summed E-state index contributed by atoms with van der Waals surface area (Å²) in [4.78, 5) is 35.9. The number of aromatic nitrogens is 4. The van der Waals surface area contributed by atoms with E-state index in [4.69, 9.17) is 14.6 Å². The topological polar surface area (TPSA) is 181 Å². The number of thiophene rings is 1. The van der Waals surface area contributed by atoms with Gasteiger partial charge in [0.15, 0.2) is 23.2 Å². The monoisotopic (exact) mass is 542 g/mol. The number of carboxylic acids is 1. The molecule has 15 heteroatoms. The number of amides is 1. The molecule has 176 valence electrons. The second kappa shape index (κ2) is 9.96. The van der Waals surface area contributed by atoms with Gasteiger partial charge in [0.1, 0.15) is 37.8 Å². The van der Waals surface area contributed by atoms with Crippen molar-refractivity contribution in [3.8, 4) is 0 Å². The smallest absolute Gasteiger partial charge is 0.407 e. The van der Waals surface area contributed by atoms with Crippen molar-refractivity contribution in [2.45, 2.75) is 31.1 Å². The number of aliphatic carboxylic acids is 1. The summed E-state index contributed by atoms with van der Waals surface area (Å²) in [5.41, 5.74) is 0.822. The minimum atomic E-state index is -1.36. The quantitative estimate of drug-likeness (QED) is 0.270. The van der Waals surface area contributed by atoms with Crippen LogP contribution in [-0.4, -0.2) is 78.4 Å². The van der Waals surface area contributed by atoms with Gasteiger partial charge in [0.25, 0.3) is 0 Å². The molecule has 0 saturated carbocycles. The summed E-state index contributed by atoms with van der Waals surface area (Å²) in [5.74, 6) is -0.739. The largest absolute Gasteiger partial charge is 0.480 e. The Hall–Kier alpha value is -2.85. The van der Waals surface area contributed by atoms with Crippen LogP contribution >= 0.6 is 27.3 Å². The number of anilines is 1. The van der Waals surface area contributed by atoms with Crippen LogP contribution in [0.1, 0.15) is 11.1 Å². The maximum Gasteiger partial charge on any atom is 0.407 e. The molecule has 0 radical (unpaired) electrons. The van der Waals surface area contributed by atoms with Gasteiger partial charge in [0.2, 0.25) is 0 Å². The number of ether oxygens (including phenoxy) is 2. The van der Waals surface area contributed by atoms with Crippen molar-refractivity contribution in [3.63, 3.8) is 0 Å². The van der Waals surface area contributed by atoms with Gasteiger partial charge in [-0.2, -0.15) is 0 Å². The van der Waals surface area contributed by atoms with Crippen LogP contribution in [0.3, 0.4) is 0 Å². The van der Waals surface area contributed by atoms with Gasteiger partial charge in [-0.15, -0.1) is 11.3 Å². The number of carbonyl (C=O) groups excluding carboxylic acids is 1. The van der Waals surface area contributed by atoms with Crippen LogP contribution in [0.15, 0.2) is 28.6 Å². The third kappa shape index (κ3) is 5.22. The summed E-state index contributed by atoms with van der Waals surface area (Å²) in [7, 11) is 0. The van der Waals surface area contributed by atoms with Crippen LogP contribution in [0.25, 0.3) is 11.2 Å². The number of hydrogen-bond donors (Lipinski definition) is 5. The van der Waals surface area contributed by atoms with E-state index >= 15 is 0 Å². The Morgan fingerprint density at radius 2 is 2.06 bits per heavy atom. The number of nitrogens with zero attached hydrogens (tertiary/aromatic N) is 4. The highest BCUT2D eigenvalue weighted by atomic mass is 79.9. The number of carbonyl (C=O) groups is 2. The number of alkyl carbamates (subject to hydrolysis) is 1. The van der Waals surface area contributed by atoms with Gasteiger partial charge in [-0.25, -0.2) is 19.7 Å². The van der Waals surface area contributed by atoms with Crippen LogP contribution in [0.2, 0.25) is 0 Å². The number of aliphatic hydroxyl groups excluding tert-OH is 2. The van der Waals surface area contributed by atoms with Gasteiger partial charge in [-0.05, 0) is 28.1 Å². The van der Waals surface area contributed by atoms with Crippen molar-refractivity contribution in [1.82, 2.24) is 24.8 Å². The molecule has 33 heavy (non-hydrogen) atoms. The first-order chi connectivity index (χ1) is 15.8. The first-order valence-electron chi connectivity index (χ1n) is 9.63. The second-order valence-electron chi connectivity index (χ2n) is 7.00. The number of halogens is 1. The summed E-state index contributed by atoms with van der Waals surface area (Å²) < 4.78 is 13.0. The maximum absolute atomic E-state index is 11.5. The van der Waals surface area contributed by atoms with Crippen molar-refractivity contribution >= 4 is 56.3 Å². The number of nitrogens with one attached hydrogen (secondary N) is 2. The highest BCUT2D eigenvalue weighted by molar-refractivity contribution is 9.11. The van der Waals surface area contributed by atoms with E-state index in [1.165, 1.54) is 17.2 Å². The number of hydrogen-bond acceptors (Lipinski definition) is 11. The number of aliphatic hydroxyl groups is 2. The van der Waals surface area contributed by atoms with E-state index < -0.39 is 49.8 Å². The fraction of sp³-hybridized carbons (Fsp3) is 0.389. The normalized spacial score (nSPS) is 22.4. The van der Waals surface area contributed by atoms with Gasteiger partial charge in [-0.3, -0.25) is 9.36 Å². The van der Waals surface area contributed by atoms with Crippen molar-refractivity contribution in [1.29, 1.82) is 0 Å². The standard InChI is InChI=1S/C18H19BrN6O7S/c19-10-2-1-8(33-10)3-20-15-12-16(23-6-22-15)25(7-24-12)17-14(29)13(28)9(32-17)5-31-18(30)21-4-11(26)27/h1-2,6-7,9,13-14,17,28-29H,3-5H2,(H,21,30)(H,26,27)(H,20,22,23)/t9-,13+,14?,17-/m1/s1.